The van der Waals surface area contributed by atoms with Crippen molar-refractivity contribution in [2.24, 2.45) is 0 Å². The third-order valence-electron chi connectivity index (χ3n) is 4.22. The number of carbonyl (C=O) groups is 1. The number of fused-ring (bicyclic) bond motifs is 1. The van der Waals surface area contributed by atoms with E-state index in [2.05, 4.69) is 0 Å². The van der Waals surface area contributed by atoms with Crippen molar-refractivity contribution in [1.82, 2.24) is 4.90 Å². The van der Waals surface area contributed by atoms with Gasteiger partial charge in [0.15, 0.2) is 0 Å². The highest BCUT2D eigenvalue weighted by atomic mass is 16.6. The van der Waals surface area contributed by atoms with E-state index in [0.717, 1.165) is 19.3 Å². The van der Waals surface area contributed by atoms with Crippen LogP contribution in [0.4, 0.5) is 11.4 Å². The zero-order valence-electron chi connectivity index (χ0n) is 11.5. The van der Waals surface area contributed by atoms with Gasteiger partial charge in [-0.25, -0.2) is 0 Å². The second-order valence-corrected chi connectivity index (χ2v) is 5.41. The first-order valence-corrected chi connectivity index (χ1v) is 7.05. The fourth-order valence-corrected chi connectivity index (χ4v) is 3.27. The lowest BCUT2D eigenvalue weighted by Crippen LogP contribution is -2.51. The minimum atomic E-state index is -0.588. The molecule has 1 amide bonds. The van der Waals surface area contributed by atoms with Gasteiger partial charge >= 0.3 is 5.69 Å². The summed E-state index contributed by atoms with van der Waals surface area (Å²) in [5.41, 5.74) is 5.44. The third kappa shape index (κ3) is 2.33. The molecule has 0 radical (unpaired) electrons. The number of carbonyl (C=O) groups excluding carboxylic acids is 1. The molecule has 0 aromatic heterocycles. The summed E-state index contributed by atoms with van der Waals surface area (Å²) in [4.78, 5) is 25.0. The number of rotatable bonds is 2. The van der Waals surface area contributed by atoms with Crippen LogP contribution in [-0.2, 0) is 4.74 Å². The molecular weight excluding hydrogens is 274 g/mol. The molecule has 0 spiro atoms. The Morgan fingerprint density at radius 1 is 1.43 bits per heavy atom. The monoisotopic (exact) mass is 291 g/mol. The average Bonchev–Trinajstić information content (AvgIpc) is 2.94. The van der Waals surface area contributed by atoms with Gasteiger partial charge in [-0.3, -0.25) is 14.9 Å². The standard InChI is InChI=1S/C14H17N3O4/c15-10-4-1-3-9(13(10)17(19)20)14(18)16-7-8-21-12-6-2-5-11(12)16/h1,3-4,11-12H,2,5-8,15H2. The molecule has 7 nitrogen and oxygen atoms in total. The Bertz CT molecular complexity index is 590. The van der Waals surface area contributed by atoms with Crippen molar-refractivity contribution >= 4 is 17.3 Å². The summed E-state index contributed by atoms with van der Waals surface area (Å²) < 4.78 is 5.67. The molecule has 2 aliphatic rings. The maximum absolute atomic E-state index is 12.7. The quantitative estimate of drug-likeness (QED) is 0.506. The van der Waals surface area contributed by atoms with Crippen molar-refractivity contribution in [2.75, 3.05) is 18.9 Å². The molecule has 2 fully saturated rings. The smallest absolute Gasteiger partial charge is 0.304 e. The van der Waals surface area contributed by atoms with Crippen molar-refractivity contribution < 1.29 is 14.5 Å². The van der Waals surface area contributed by atoms with Crippen LogP contribution in [0.5, 0.6) is 0 Å². The van der Waals surface area contributed by atoms with E-state index in [-0.39, 0.29) is 35.0 Å². The Hall–Kier alpha value is -2.15. The van der Waals surface area contributed by atoms with Crippen molar-refractivity contribution in [3.05, 3.63) is 33.9 Å². The zero-order valence-corrected chi connectivity index (χ0v) is 11.5. The van der Waals surface area contributed by atoms with Crippen molar-refractivity contribution in [1.29, 1.82) is 0 Å². The first-order valence-electron chi connectivity index (χ1n) is 7.05. The van der Waals surface area contributed by atoms with Gasteiger partial charge in [-0.05, 0) is 31.4 Å². The maximum atomic E-state index is 12.7. The summed E-state index contributed by atoms with van der Waals surface area (Å²) in [6.45, 7) is 0.939. The van der Waals surface area contributed by atoms with E-state index < -0.39 is 4.92 Å². The van der Waals surface area contributed by atoms with Gasteiger partial charge in [0.1, 0.15) is 11.3 Å². The number of nitrogen functional groups attached to an aromatic ring is 1. The maximum Gasteiger partial charge on any atom is 0.304 e. The number of nitrogens with two attached hydrogens (primary N) is 1. The lowest BCUT2D eigenvalue weighted by atomic mass is 10.1. The van der Waals surface area contributed by atoms with E-state index in [1.165, 1.54) is 12.1 Å². The number of nitro groups is 1. The predicted molar refractivity (Wildman–Crippen MR) is 75.9 cm³/mol. The van der Waals surface area contributed by atoms with Crippen LogP contribution in [0.1, 0.15) is 29.6 Å². The van der Waals surface area contributed by atoms with Crippen LogP contribution in [0.3, 0.4) is 0 Å². The number of nitrogens with zero attached hydrogens (tertiary/aromatic N) is 2. The molecule has 7 heteroatoms. The highest BCUT2D eigenvalue weighted by Crippen LogP contribution is 2.33. The van der Waals surface area contributed by atoms with Crippen LogP contribution in [0.15, 0.2) is 18.2 Å². The number of amides is 1. The van der Waals surface area contributed by atoms with Crippen molar-refractivity contribution in [2.45, 2.75) is 31.4 Å². The average molecular weight is 291 g/mol. The molecule has 1 saturated carbocycles. The van der Waals surface area contributed by atoms with Gasteiger partial charge in [-0.2, -0.15) is 0 Å². The molecule has 1 saturated heterocycles. The van der Waals surface area contributed by atoms with Gasteiger partial charge in [0, 0.05) is 6.54 Å². The summed E-state index contributed by atoms with van der Waals surface area (Å²) in [6.07, 6.45) is 2.89. The second kappa shape index (κ2) is 5.33. The lowest BCUT2D eigenvalue weighted by Gasteiger charge is -2.37. The van der Waals surface area contributed by atoms with Crippen LogP contribution < -0.4 is 5.73 Å². The molecule has 1 aliphatic carbocycles. The summed E-state index contributed by atoms with van der Waals surface area (Å²) in [5.74, 6) is -0.325. The van der Waals surface area contributed by atoms with E-state index in [4.69, 9.17) is 10.5 Å². The molecule has 1 aliphatic heterocycles. The number of benzene rings is 1. The van der Waals surface area contributed by atoms with E-state index in [1.807, 2.05) is 0 Å². The Balaban J connectivity index is 1.95. The SMILES string of the molecule is Nc1cccc(C(=O)N2CCOC3CCCC32)c1[N+](=O)[O-]. The molecule has 0 bridgehead atoms. The number of hydrogen-bond acceptors (Lipinski definition) is 5. The fraction of sp³-hybridized carbons (Fsp3) is 0.500. The summed E-state index contributed by atoms with van der Waals surface area (Å²) in [5, 5.41) is 11.2. The Kier molecular flexibility index (Phi) is 3.50. The minimum absolute atomic E-state index is 0.0158. The Morgan fingerprint density at radius 2 is 2.24 bits per heavy atom. The van der Waals surface area contributed by atoms with Gasteiger partial charge < -0.3 is 15.4 Å². The normalized spacial score (nSPS) is 24.7. The Morgan fingerprint density at radius 3 is 3.00 bits per heavy atom. The minimum Gasteiger partial charge on any atom is -0.393 e. The summed E-state index contributed by atoms with van der Waals surface area (Å²) in [7, 11) is 0. The first-order chi connectivity index (χ1) is 10.1. The summed E-state index contributed by atoms with van der Waals surface area (Å²) in [6, 6.07) is 4.50. The molecule has 112 valence electrons. The molecule has 2 N–H and O–H groups in total. The molecule has 1 heterocycles. The van der Waals surface area contributed by atoms with E-state index in [0.29, 0.717) is 13.2 Å². The van der Waals surface area contributed by atoms with Gasteiger partial charge in [0.05, 0.1) is 23.7 Å². The zero-order chi connectivity index (χ0) is 15.0. The number of nitro benzene ring substituents is 1. The Labute approximate surface area is 121 Å². The van der Waals surface area contributed by atoms with Crippen molar-refractivity contribution in [3.8, 4) is 0 Å². The summed E-state index contributed by atoms with van der Waals surface area (Å²) >= 11 is 0. The van der Waals surface area contributed by atoms with Crippen LogP contribution in [0.25, 0.3) is 0 Å². The number of ether oxygens (including phenoxy) is 1. The van der Waals surface area contributed by atoms with Crippen LogP contribution in [0, 0.1) is 10.1 Å². The van der Waals surface area contributed by atoms with E-state index in [1.54, 1.807) is 11.0 Å². The van der Waals surface area contributed by atoms with Gasteiger partial charge in [-0.1, -0.05) is 6.07 Å². The molecule has 1 aromatic rings. The van der Waals surface area contributed by atoms with Crippen LogP contribution in [-0.4, -0.2) is 41.0 Å². The van der Waals surface area contributed by atoms with E-state index >= 15 is 0 Å². The lowest BCUT2D eigenvalue weighted by molar-refractivity contribution is -0.384. The number of morpholine rings is 1. The molecule has 2 unspecified atom stereocenters. The molecule has 21 heavy (non-hydrogen) atoms. The molecular formula is C14H17N3O4. The third-order valence-corrected chi connectivity index (χ3v) is 4.22. The second-order valence-electron chi connectivity index (χ2n) is 5.41. The highest BCUT2D eigenvalue weighted by Gasteiger charge is 2.40. The largest absolute Gasteiger partial charge is 0.393 e. The predicted octanol–water partition coefficient (Wildman–Crippen LogP) is 1.57. The molecule has 2 atom stereocenters. The van der Waals surface area contributed by atoms with Gasteiger partial charge in [-0.15, -0.1) is 0 Å². The highest BCUT2D eigenvalue weighted by molar-refractivity contribution is 6.00. The van der Waals surface area contributed by atoms with Crippen LogP contribution >= 0.6 is 0 Å². The van der Waals surface area contributed by atoms with Gasteiger partial charge in [0.25, 0.3) is 5.91 Å². The van der Waals surface area contributed by atoms with Gasteiger partial charge in [0.2, 0.25) is 0 Å². The number of hydrogen-bond donors (Lipinski definition) is 1. The van der Waals surface area contributed by atoms with Crippen LogP contribution in [0.2, 0.25) is 0 Å². The molecule has 3 rings (SSSR count). The molecule has 1 aromatic carbocycles. The first kappa shape index (κ1) is 13.8. The fourth-order valence-electron chi connectivity index (χ4n) is 3.27. The number of para-hydroxylation sites is 1. The topological polar surface area (TPSA) is 98.7 Å². The number of anilines is 1. The van der Waals surface area contributed by atoms with E-state index in [9.17, 15) is 14.9 Å². The van der Waals surface area contributed by atoms with Crippen molar-refractivity contribution in [3.63, 3.8) is 0 Å².